The van der Waals surface area contributed by atoms with E-state index in [2.05, 4.69) is 19.2 Å². The Labute approximate surface area is 135 Å². The Hall–Kier alpha value is -0.320. The van der Waals surface area contributed by atoms with E-state index in [9.17, 15) is 4.79 Å². The molecule has 1 atom stereocenters. The van der Waals surface area contributed by atoms with Gasteiger partial charge in [0, 0.05) is 19.3 Å². The molecule has 4 nitrogen and oxygen atoms in total. The van der Waals surface area contributed by atoms with E-state index in [1.165, 1.54) is 12.8 Å². The summed E-state index contributed by atoms with van der Waals surface area (Å²) in [4.78, 5) is 12.2. The van der Waals surface area contributed by atoms with E-state index in [0.29, 0.717) is 6.04 Å². The first-order valence-corrected chi connectivity index (χ1v) is 8.21. The molecule has 1 unspecified atom stereocenters. The lowest BCUT2D eigenvalue weighted by Gasteiger charge is -2.33. The van der Waals surface area contributed by atoms with Gasteiger partial charge in [-0.05, 0) is 56.3 Å². The second-order valence-corrected chi connectivity index (χ2v) is 6.84. The quantitative estimate of drug-likeness (QED) is 0.837. The Balaban J connectivity index is 0.00000220. The van der Waals surface area contributed by atoms with Gasteiger partial charge in [0.1, 0.15) is 0 Å². The van der Waals surface area contributed by atoms with Crippen molar-refractivity contribution >= 4 is 18.3 Å². The van der Waals surface area contributed by atoms with Crippen LogP contribution in [0.2, 0.25) is 0 Å². The third-order valence-electron chi connectivity index (χ3n) is 5.14. The van der Waals surface area contributed by atoms with Crippen LogP contribution in [0.15, 0.2) is 0 Å². The number of ether oxygens (including phenoxy) is 1. The molecule has 0 aromatic heterocycles. The van der Waals surface area contributed by atoms with Crippen LogP contribution in [0.1, 0.15) is 52.4 Å². The van der Waals surface area contributed by atoms with Crippen molar-refractivity contribution in [3.63, 3.8) is 0 Å². The SMILES string of the molecule is CC(C)C1CCC(NC(=O)C(N)C2CCOCC2)CC1.Cl. The lowest BCUT2D eigenvalue weighted by atomic mass is 9.79. The lowest BCUT2D eigenvalue weighted by Crippen LogP contribution is -2.50. The first-order valence-electron chi connectivity index (χ1n) is 8.21. The molecule has 1 aliphatic heterocycles. The highest BCUT2D eigenvalue weighted by Gasteiger charge is 2.29. The van der Waals surface area contributed by atoms with Crippen LogP contribution in [0.5, 0.6) is 0 Å². The standard InChI is InChI=1S/C16H30N2O2.ClH/c1-11(2)12-3-5-14(6-4-12)18-16(19)15(17)13-7-9-20-10-8-13;/h11-15H,3-10,17H2,1-2H3,(H,18,19);1H. The maximum Gasteiger partial charge on any atom is 0.237 e. The molecule has 2 fully saturated rings. The molecule has 0 aromatic carbocycles. The van der Waals surface area contributed by atoms with Gasteiger partial charge in [0.2, 0.25) is 5.91 Å². The fourth-order valence-corrected chi connectivity index (χ4v) is 3.52. The van der Waals surface area contributed by atoms with Crippen LogP contribution in [-0.2, 0) is 9.53 Å². The van der Waals surface area contributed by atoms with Crippen LogP contribution in [0.3, 0.4) is 0 Å². The average Bonchev–Trinajstić information content (AvgIpc) is 2.48. The van der Waals surface area contributed by atoms with Crippen molar-refractivity contribution in [2.75, 3.05) is 13.2 Å². The van der Waals surface area contributed by atoms with Gasteiger partial charge in [0.05, 0.1) is 6.04 Å². The molecule has 2 aliphatic rings. The summed E-state index contributed by atoms with van der Waals surface area (Å²) in [6.07, 6.45) is 6.50. The highest BCUT2D eigenvalue weighted by Crippen LogP contribution is 2.30. The summed E-state index contributed by atoms with van der Waals surface area (Å²) in [7, 11) is 0. The largest absolute Gasteiger partial charge is 0.381 e. The zero-order chi connectivity index (χ0) is 14.5. The summed E-state index contributed by atoms with van der Waals surface area (Å²) in [5, 5.41) is 3.17. The van der Waals surface area contributed by atoms with Gasteiger partial charge in [-0.15, -0.1) is 12.4 Å². The van der Waals surface area contributed by atoms with E-state index >= 15 is 0 Å². The zero-order valence-corrected chi connectivity index (χ0v) is 14.2. The van der Waals surface area contributed by atoms with Crippen molar-refractivity contribution < 1.29 is 9.53 Å². The molecule has 1 aliphatic carbocycles. The Bertz CT molecular complexity index is 311. The normalized spacial score (nSPS) is 28.8. The number of nitrogens with two attached hydrogens (primary N) is 1. The van der Waals surface area contributed by atoms with E-state index in [1.54, 1.807) is 0 Å². The zero-order valence-electron chi connectivity index (χ0n) is 13.3. The highest BCUT2D eigenvalue weighted by atomic mass is 35.5. The van der Waals surface area contributed by atoms with Crippen LogP contribution < -0.4 is 11.1 Å². The van der Waals surface area contributed by atoms with E-state index in [4.69, 9.17) is 10.5 Å². The number of nitrogens with one attached hydrogen (secondary N) is 1. The minimum atomic E-state index is -0.360. The number of carbonyl (C=O) groups excluding carboxylic acids is 1. The van der Waals surface area contributed by atoms with Crippen LogP contribution in [-0.4, -0.2) is 31.2 Å². The maximum absolute atomic E-state index is 12.2. The van der Waals surface area contributed by atoms with E-state index < -0.39 is 0 Å². The average molecular weight is 319 g/mol. The molecule has 3 N–H and O–H groups in total. The first-order chi connectivity index (χ1) is 9.58. The van der Waals surface area contributed by atoms with E-state index in [0.717, 1.165) is 50.7 Å². The third kappa shape index (κ3) is 5.42. The summed E-state index contributed by atoms with van der Waals surface area (Å²) in [6, 6.07) is -0.0230. The Kier molecular flexibility index (Phi) is 7.99. The molecular weight excluding hydrogens is 288 g/mol. The number of halogens is 1. The summed E-state index contributed by atoms with van der Waals surface area (Å²) in [5.41, 5.74) is 6.12. The molecule has 0 spiro atoms. The van der Waals surface area contributed by atoms with Crippen molar-refractivity contribution in [3.8, 4) is 0 Å². The number of hydrogen-bond acceptors (Lipinski definition) is 3. The van der Waals surface area contributed by atoms with Crippen molar-refractivity contribution in [1.29, 1.82) is 0 Å². The summed E-state index contributed by atoms with van der Waals surface area (Å²) >= 11 is 0. The fourth-order valence-electron chi connectivity index (χ4n) is 3.52. The monoisotopic (exact) mass is 318 g/mol. The summed E-state index contributed by atoms with van der Waals surface area (Å²) in [5.74, 6) is 1.92. The molecule has 2 rings (SSSR count). The molecule has 0 bridgehead atoms. The first kappa shape index (κ1) is 18.7. The number of carbonyl (C=O) groups is 1. The molecular formula is C16H31ClN2O2. The van der Waals surface area contributed by atoms with Crippen molar-refractivity contribution in [3.05, 3.63) is 0 Å². The Morgan fingerprint density at radius 1 is 1.05 bits per heavy atom. The van der Waals surface area contributed by atoms with Crippen LogP contribution in [0.4, 0.5) is 0 Å². The molecule has 1 saturated carbocycles. The van der Waals surface area contributed by atoms with Gasteiger partial charge < -0.3 is 15.8 Å². The van der Waals surface area contributed by atoms with Gasteiger partial charge in [0.15, 0.2) is 0 Å². The molecule has 1 saturated heterocycles. The highest BCUT2D eigenvalue weighted by molar-refractivity contribution is 5.85. The van der Waals surface area contributed by atoms with Crippen LogP contribution in [0, 0.1) is 17.8 Å². The van der Waals surface area contributed by atoms with Gasteiger partial charge in [0.25, 0.3) is 0 Å². The molecule has 1 amide bonds. The maximum atomic E-state index is 12.2. The van der Waals surface area contributed by atoms with Crippen molar-refractivity contribution in [1.82, 2.24) is 5.32 Å². The molecule has 5 heteroatoms. The lowest BCUT2D eigenvalue weighted by molar-refractivity contribution is -0.125. The second-order valence-electron chi connectivity index (χ2n) is 6.84. The summed E-state index contributed by atoms with van der Waals surface area (Å²) in [6.45, 7) is 6.07. The van der Waals surface area contributed by atoms with Crippen LogP contribution in [0.25, 0.3) is 0 Å². The predicted octanol–water partition coefficient (Wildman–Crippen LogP) is 2.49. The minimum absolute atomic E-state index is 0. The van der Waals surface area contributed by atoms with Gasteiger partial charge in [-0.25, -0.2) is 0 Å². The number of rotatable bonds is 4. The number of amides is 1. The smallest absolute Gasteiger partial charge is 0.237 e. The topological polar surface area (TPSA) is 64.4 Å². The van der Waals surface area contributed by atoms with Gasteiger partial charge in [-0.2, -0.15) is 0 Å². The molecule has 21 heavy (non-hydrogen) atoms. The number of hydrogen-bond donors (Lipinski definition) is 2. The van der Waals surface area contributed by atoms with Crippen molar-refractivity contribution in [2.45, 2.75) is 64.5 Å². The molecule has 1 heterocycles. The Morgan fingerprint density at radius 2 is 1.62 bits per heavy atom. The van der Waals surface area contributed by atoms with Gasteiger partial charge in [-0.1, -0.05) is 13.8 Å². The van der Waals surface area contributed by atoms with Gasteiger partial charge >= 0.3 is 0 Å². The predicted molar refractivity (Wildman–Crippen MR) is 87.5 cm³/mol. The Morgan fingerprint density at radius 3 is 2.14 bits per heavy atom. The third-order valence-corrected chi connectivity index (χ3v) is 5.14. The molecule has 0 aromatic rings. The molecule has 124 valence electrons. The van der Waals surface area contributed by atoms with E-state index in [-0.39, 0.29) is 30.3 Å². The van der Waals surface area contributed by atoms with Crippen molar-refractivity contribution in [2.24, 2.45) is 23.5 Å². The molecule has 0 radical (unpaired) electrons. The summed E-state index contributed by atoms with van der Waals surface area (Å²) < 4.78 is 5.33. The van der Waals surface area contributed by atoms with Gasteiger partial charge in [-0.3, -0.25) is 4.79 Å². The second kappa shape index (κ2) is 8.96. The fraction of sp³-hybridized carbons (Fsp3) is 0.938. The minimum Gasteiger partial charge on any atom is -0.381 e. The van der Waals surface area contributed by atoms with E-state index in [1.807, 2.05) is 0 Å². The van der Waals surface area contributed by atoms with Crippen LogP contribution >= 0.6 is 12.4 Å².